The third kappa shape index (κ3) is 5.24. The topological polar surface area (TPSA) is 69.1 Å². The molecule has 1 unspecified atom stereocenters. The van der Waals surface area contributed by atoms with Crippen molar-refractivity contribution < 1.29 is 19.0 Å². The predicted octanol–water partition coefficient (Wildman–Crippen LogP) is 2.39. The van der Waals surface area contributed by atoms with Gasteiger partial charge in [-0.05, 0) is 30.5 Å². The molecule has 1 saturated heterocycles. The number of hydrogen-bond donors (Lipinski definition) is 0. The van der Waals surface area contributed by atoms with Crippen molar-refractivity contribution in [2.45, 2.75) is 40.0 Å². The molecule has 0 saturated carbocycles. The lowest BCUT2D eigenvalue weighted by atomic mass is 10.1. The summed E-state index contributed by atoms with van der Waals surface area (Å²) in [5, 5.41) is 4.34. The van der Waals surface area contributed by atoms with E-state index in [2.05, 4.69) is 30.8 Å². The van der Waals surface area contributed by atoms with E-state index in [1.165, 1.54) is 5.56 Å². The normalized spacial score (nSPS) is 18.7. The van der Waals surface area contributed by atoms with Crippen LogP contribution < -0.4 is 9.47 Å². The van der Waals surface area contributed by atoms with Gasteiger partial charge in [-0.2, -0.15) is 5.10 Å². The van der Waals surface area contributed by atoms with Crippen LogP contribution in [0.4, 0.5) is 0 Å². The van der Waals surface area contributed by atoms with Crippen molar-refractivity contribution in [1.82, 2.24) is 19.6 Å². The van der Waals surface area contributed by atoms with Crippen molar-refractivity contribution in [3.8, 4) is 11.5 Å². The number of carbonyl (C=O) groups excluding carboxylic acids is 1. The van der Waals surface area contributed by atoms with Gasteiger partial charge in [0.15, 0.2) is 11.5 Å². The number of nitrogens with zero attached hydrogens (tertiary/aromatic N) is 4. The molecule has 0 radical (unpaired) electrons. The summed E-state index contributed by atoms with van der Waals surface area (Å²) in [4.78, 5) is 17.7. The number of aryl methyl sites for hydroxylation is 1. The third-order valence-electron chi connectivity index (χ3n) is 6.03. The van der Waals surface area contributed by atoms with Crippen LogP contribution in [0.1, 0.15) is 30.7 Å². The van der Waals surface area contributed by atoms with Crippen molar-refractivity contribution in [3.63, 3.8) is 0 Å². The Kier molecular flexibility index (Phi) is 7.01. The lowest BCUT2D eigenvalue weighted by molar-refractivity contribution is -0.151. The number of benzene rings is 1. The number of carbonyl (C=O) groups is 1. The van der Waals surface area contributed by atoms with Gasteiger partial charge >= 0.3 is 0 Å². The van der Waals surface area contributed by atoms with Gasteiger partial charge in [-0.1, -0.05) is 19.9 Å². The highest BCUT2D eigenvalue weighted by Gasteiger charge is 2.31. The molecule has 8 nitrogen and oxygen atoms in total. The Bertz CT molecular complexity index is 942. The molecule has 1 amide bonds. The molecule has 1 aromatic heterocycles. The maximum atomic E-state index is 13.5. The van der Waals surface area contributed by atoms with Crippen molar-refractivity contribution in [3.05, 3.63) is 41.2 Å². The lowest BCUT2D eigenvalue weighted by Crippen LogP contribution is -2.51. The Morgan fingerprint density at radius 1 is 1.22 bits per heavy atom. The van der Waals surface area contributed by atoms with Crippen LogP contribution in [0.3, 0.4) is 0 Å². The van der Waals surface area contributed by atoms with Gasteiger partial charge in [-0.3, -0.25) is 14.4 Å². The maximum Gasteiger partial charge on any atom is 0.253 e. The molecule has 1 atom stereocenters. The Hall–Kier alpha value is -2.58. The van der Waals surface area contributed by atoms with Gasteiger partial charge in [0.2, 0.25) is 0 Å². The SMILES string of the molecule is Cc1c(CN2CCOC(C(=O)N(Cc3ccc4c(c3)OCCO4)CC(C)C)C2)cnn1C. The molecule has 2 aromatic rings. The summed E-state index contributed by atoms with van der Waals surface area (Å²) in [6.45, 7) is 11.4. The van der Waals surface area contributed by atoms with E-state index in [0.29, 0.717) is 45.4 Å². The zero-order valence-corrected chi connectivity index (χ0v) is 19.5. The fourth-order valence-corrected chi connectivity index (χ4v) is 4.22. The van der Waals surface area contributed by atoms with Crippen LogP contribution in [-0.2, 0) is 29.7 Å². The molecule has 2 aliphatic heterocycles. The van der Waals surface area contributed by atoms with Gasteiger partial charge < -0.3 is 19.1 Å². The quantitative estimate of drug-likeness (QED) is 0.656. The van der Waals surface area contributed by atoms with Gasteiger partial charge in [0, 0.05) is 51.0 Å². The Morgan fingerprint density at radius 2 is 2.00 bits per heavy atom. The molecule has 0 aliphatic carbocycles. The van der Waals surface area contributed by atoms with Crippen LogP contribution in [-0.4, -0.2) is 71.0 Å². The first-order valence-electron chi connectivity index (χ1n) is 11.4. The van der Waals surface area contributed by atoms with Crippen molar-refractivity contribution in [1.29, 1.82) is 0 Å². The molecule has 2 aliphatic rings. The van der Waals surface area contributed by atoms with Gasteiger partial charge in [-0.25, -0.2) is 0 Å². The minimum atomic E-state index is -0.461. The standard InChI is InChI=1S/C24H34N4O4/c1-17(2)13-28(14-19-5-6-21-22(11-19)32-10-9-31-21)24(29)23-16-27(7-8-30-23)15-20-12-25-26(4)18(20)3/h5-6,11-12,17,23H,7-10,13-16H2,1-4H3. The van der Waals surface area contributed by atoms with E-state index in [1.54, 1.807) is 0 Å². The van der Waals surface area contributed by atoms with Crippen LogP contribution in [0.15, 0.2) is 24.4 Å². The average molecular weight is 443 g/mol. The summed E-state index contributed by atoms with van der Waals surface area (Å²) in [6, 6.07) is 5.92. The van der Waals surface area contributed by atoms with Crippen LogP contribution in [0.2, 0.25) is 0 Å². The van der Waals surface area contributed by atoms with Crippen molar-refractivity contribution in [2.24, 2.45) is 13.0 Å². The van der Waals surface area contributed by atoms with Crippen molar-refractivity contribution in [2.75, 3.05) is 39.5 Å². The van der Waals surface area contributed by atoms with E-state index in [4.69, 9.17) is 14.2 Å². The smallest absolute Gasteiger partial charge is 0.253 e. The fraction of sp³-hybridized carbons (Fsp3) is 0.583. The van der Waals surface area contributed by atoms with Crippen LogP contribution in [0, 0.1) is 12.8 Å². The largest absolute Gasteiger partial charge is 0.486 e. The zero-order chi connectivity index (χ0) is 22.7. The second kappa shape index (κ2) is 9.92. The summed E-state index contributed by atoms with van der Waals surface area (Å²) in [7, 11) is 1.95. The highest BCUT2D eigenvalue weighted by molar-refractivity contribution is 5.81. The molecule has 32 heavy (non-hydrogen) atoms. The second-order valence-corrected chi connectivity index (χ2v) is 9.06. The molecule has 0 bridgehead atoms. The minimum absolute atomic E-state index is 0.0428. The minimum Gasteiger partial charge on any atom is -0.486 e. The number of ether oxygens (including phenoxy) is 3. The van der Waals surface area contributed by atoms with E-state index >= 15 is 0 Å². The van der Waals surface area contributed by atoms with E-state index < -0.39 is 6.10 Å². The maximum absolute atomic E-state index is 13.5. The van der Waals surface area contributed by atoms with Crippen LogP contribution in [0.25, 0.3) is 0 Å². The number of aromatic nitrogens is 2. The van der Waals surface area contributed by atoms with Crippen LogP contribution in [0.5, 0.6) is 11.5 Å². The Balaban J connectivity index is 1.44. The summed E-state index contributed by atoms with van der Waals surface area (Å²) >= 11 is 0. The van der Waals surface area contributed by atoms with E-state index in [-0.39, 0.29) is 5.91 Å². The molecule has 174 valence electrons. The van der Waals surface area contributed by atoms with Gasteiger partial charge in [0.1, 0.15) is 19.3 Å². The first-order chi connectivity index (χ1) is 15.4. The van der Waals surface area contributed by atoms with E-state index in [9.17, 15) is 4.79 Å². The number of morpholine rings is 1. The van der Waals surface area contributed by atoms with Gasteiger partial charge in [0.25, 0.3) is 5.91 Å². The third-order valence-corrected chi connectivity index (χ3v) is 6.03. The molecule has 1 aromatic carbocycles. The molecule has 1 fully saturated rings. The molecule has 8 heteroatoms. The van der Waals surface area contributed by atoms with Crippen molar-refractivity contribution >= 4 is 5.91 Å². The molecular weight excluding hydrogens is 408 g/mol. The number of fused-ring (bicyclic) bond motifs is 1. The predicted molar refractivity (Wildman–Crippen MR) is 121 cm³/mol. The average Bonchev–Trinajstić information content (AvgIpc) is 3.10. The first-order valence-corrected chi connectivity index (χ1v) is 11.4. The molecule has 4 rings (SSSR count). The number of amides is 1. The summed E-state index contributed by atoms with van der Waals surface area (Å²) in [5.41, 5.74) is 3.37. The fourth-order valence-electron chi connectivity index (χ4n) is 4.22. The Labute approximate surface area is 190 Å². The summed E-state index contributed by atoms with van der Waals surface area (Å²) < 4.78 is 19.2. The van der Waals surface area contributed by atoms with Gasteiger partial charge in [0.05, 0.1) is 12.8 Å². The van der Waals surface area contributed by atoms with E-state index in [0.717, 1.165) is 35.8 Å². The molecule has 3 heterocycles. The van der Waals surface area contributed by atoms with E-state index in [1.807, 2.05) is 41.0 Å². The monoisotopic (exact) mass is 442 g/mol. The van der Waals surface area contributed by atoms with Gasteiger partial charge in [-0.15, -0.1) is 0 Å². The van der Waals surface area contributed by atoms with Crippen LogP contribution >= 0.6 is 0 Å². The molecule has 0 spiro atoms. The number of hydrogen-bond acceptors (Lipinski definition) is 6. The highest BCUT2D eigenvalue weighted by atomic mass is 16.6. The highest BCUT2D eigenvalue weighted by Crippen LogP contribution is 2.31. The summed E-state index contributed by atoms with van der Waals surface area (Å²) in [5.74, 6) is 1.91. The second-order valence-electron chi connectivity index (χ2n) is 9.06. The summed E-state index contributed by atoms with van der Waals surface area (Å²) in [6.07, 6.45) is 1.45. The first kappa shape index (κ1) is 22.6. The molecule has 0 N–H and O–H groups in total. The molecular formula is C24H34N4O4. The lowest BCUT2D eigenvalue weighted by Gasteiger charge is -2.35. The Morgan fingerprint density at radius 3 is 2.72 bits per heavy atom. The number of rotatable bonds is 7. The zero-order valence-electron chi connectivity index (χ0n) is 19.5.